The lowest BCUT2D eigenvalue weighted by molar-refractivity contribution is 0.631. The first-order valence-corrected chi connectivity index (χ1v) is 8.52. The third kappa shape index (κ3) is 3.68. The number of rotatable bonds is 5. The Bertz CT molecular complexity index is 590. The maximum Gasteiger partial charge on any atom is 0.125 e. The van der Waals surface area contributed by atoms with Crippen molar-refractivity contribution in [2.45, 2.75) is 33.7 Å². The van der Waals surface area contributed by atoms with E-state index in [1.54, 1.807) is 11.3 Å². The van der Waals surface area contributed by atoms with Crippen LogP contribution in [-0.4, -0.2) is 12.0 Å². The van der Waals surface area contributed by atoms with Crippen molar-refractivity contribution >= 4 is 27.3 Å². The summed E-state index contributed by atoms with van der Waals surface area (Å²) in [6, 6.07) is 6.44. The fraction of sp³-hybridized carbons (Fsp3) is 0.438. The minimum atomic E-state index is 0.627. The lowest BCUT2D eigenvalue weighted by atomic mass is 10.1. The number of nitrogens with zero attached hydrogens (tertiary/aromatic N) is 1. The SMILES string of the molecule is CNCc1sc(-c2ccc(C)cc2Br)nc1CC(C)C. The summed E-state index contributed by atoms with van der Waals surface area (Å²) in [5, 5.41) is 4.35. The quantitative estimate of drug-likeness (QED) is 0.835. The Hall–Kier alpha value is -0.710. The summed E-state index contributed by atoms with van der Waals surface area (Å²) < 4.78 is 1.12. The number of hydrogen-bond acceptors (Lipinski definition) is 3. The van der Waals surface area contributed by atoms with Gasteiger partial charge in [-0.25, -0.2) is 4.98 Å². The van der Waals surface area contributed by atoms with E-state index in [-0.39, 0.29) is 0 Å². The number of benzene rings is 1. The van der Waals surface area contributed by atoms with Crippen molar-refractivity contribution < 1.29 is 0 Å². The van der Waals surface area contributed by atoms with Crippen LogP contribution in [0.5, 0.6) is 0 Å². The van der Waals surface area contributed by atoms with Gasteiger partial charge in [-0.1, -0.05) is 41.9 Å². The molecule has 0 saturated heterocycles. The van der Waals surface area contributed by atoms with E-state index in [1.165, 1.54) is 21.7 Å². The normalized spacial score (nSPS) is 11.3. The van der Waals surface area contributed by atoms with Crippen molar-refractivity contribution in [3.05, 3.63) is 38.8 Å². The monoisotopic (exact) mass is 352 g/mol. The van der Waals surface area contributed by atoms with Crippen LogP contribution in [0.15, 0.2) is 22.7 Å². The van der Waals surface area contributed by atoms with Gasteiger partial charge in [0.15, 0.2) is 0 Å². The van der Waals surface area contributed by atoms with E-state index in [0.29, 0.717) is 5.92 Å². The zero-order chi connectivity index (χ0) is 14.7. The Morgan fingerprint density at radius 2 is 2.10 bits per heavy atom. The molecule has 20 heavy (non-hydrogen) atoms. The van der Waals surface area contributed by atoms with Gasteiger partial charge < -0.3 is 5.32 Å². The van der Waals surface area contributed by atoms with Crippen LogP contribution in [0.4, 0.5) is 0 Å². The van der Waals surface area contributed by atoms with E-state index in [0.717, 1.165) is 22.4 Å². The van der Waals surface area contributed by atoms with Gasteiger partial charge in [-0.15, -0.1) is 11.3 Å². The number of halogens is 1. The predicted molar refractivity (Wildman–Crippen MR) is 91.3 cm³/mol. The van der Waals surface area contributed by atoms with Crippen molar-refractivity contribution in [3.8, 4) is 10.6 Å². The molecule has 108 valence electrons. The second kappa shape index (κ2) is 6.83. The smallest absolute Gasteiger partial charge is 0.125 e. The Morgan fingerprint density at radius 3 is 2.70 bits per heavy atom. The van der Waals surface area contributed by atoms with Crippen molar-refractivity contribution in [2.24, 2.45) is 5.92 Å². The first kappa shape index (κ1) is 15.7. The molecule has 0 saturated carbocycles. The molecule has 1 N–H and O–H groups in total. The molecule has 0 spiro atoms. The van der Waals surface area contributed by atoms with E-state index in [4.69, 9.17) is 4.98 Å². The van der Waals surface area contributed by atoms with E-state index >= 15 is 0 Å². The van der Waals surface area contributed by atoms with Crippen LogP contribution < -0.4 is 5.32 Å². The molecule has 2 rings (SSSR count). The fourth-order valence-electron chi connectivity index (χ4n) is 2.14. The van der Waals surface area contributed by atoms with E-state index in [1.807, 2.05) is 7.05 Å². The molecule has 0 aliphatic rings. The zero-order valence-corrected chi connectivity index (χ0v) is 14.9. The molecule has 2 aromatic rings. The third-order valence-electron chi connectivity index (χ3n) is 3.07. The number of aromatic nitrogens is 1. The summed E-state index contributed by atoms with van der Waals surface area (Å²) >= 11 is 5.45. The van der Waals surface area contributed by atoms with Crippen molar-refractivity contribution in [2.75, 3.05) is 7.05 Å². The highest BCUT2D eigenvalue weighted by atomic mass is 79.9. The highest BCUT2D eigenvalue weighted by Crippen LogP contribution is 2.34. The average molecular weight is 353 g/mol. The number of aryl methyl sites for hydroxylation is 1. The maximum atomic E-state index is 4.88. The molecule has 0 radical (unpaired) electrons. The Morgan fingerprint density at radius 1 is 1.35 bits per heavy atom. The highest BCUT2D eigenvalue weighted by molar-refractivity contribution is 9.10. The summed E-state index contributed by atoms with van der Waals surface area (Å²) in [5.74, 6) is 0.627. The van der Waals surface area contributed by atoms with E-state index < -0.39 is 0 Å². The van der Waals surface area contributed by atoms with Gasteiger partial charge in [0.05, 0.1) is 5.69 Å². The fourth-order valence-corrected chi connectivity index (χ4v) is 4.09. The van der Waals surface area contributed by atoms with Gasteiger partial charge in [-0.3, -0.25) is 0 Å². The number of hydrogen-bond donors (Lipinski definition) is 1. The largest absolute Gasteiger partial charge is 0.315 e. The summed E-state index contributed by atoms with van der Waals surface area (Å²) in [7, 11) is 1.99. The lowest BCUT2D eigenvalue weighted by Crippen LogP contribution is -2.07. The summed E-state index contributed by atoms with van der Waals surface area (Å²) in [6.45, 7) is 7.48. The average Bonchev–Trinajstić information content (AvgIpc) is 2.72. The van der Waals surface area contributed by atoms with Crippen LogP contribution in [0.2, 0.25) is 0 Å². The first-order chi connectivity index (χ1) is 9.51. The van der Waals surface area contributed by atoms with E-state index in [2.05, 4.69) is 60.2 Å². The van der Waals surface area contributed by atoms with Crippen LogP contribution >= 0.6 is 27.3 Å². The van der Waals surface area contributed by atoms with Gasteiger partial charge in [0.1, 0.15) is 5.01 Å². The molecule has 2 nitrogen and oxygen atoms in total. The molecular weight excluding hydrogens is 332 g/mol. The zero-order valence-electron chi connectivity index (χ0n) is 12.5. The second-order valence-electron chi connectivity index (χ2n) is 5.50. The van der Waals surface area contributed by atoms with Crippen molar-refractivity contribution in [1.29, 1.82) is 0 Å². The van der Waals surface area contributed by atoms with Crippen LogP contribution in [-0.2, 0) is 13.0 Å². The molecule has 1 aromatic heterocycles. The Labute approximate surface area is 133 Å². The summed E-state index contributed by atoms with van der Waals surface area (Å²) in [5.41, 5.74) is 3.69. The Kier molecular flexibility index (Phi) is 5.35. The van der Waals surface area contributed by atoms with Gasteiger partial charge in [0.2, 0.25) is 0 Å². The van der Waals surface area contributed by atoms with Gasteiger partial charge in [-0.2, -0.15) is 0 Å². The molecule has 1 heterocycles. The number of nitrogens with one attached hydrogen (secondary N) is 1. The Balaban J connectivity index is 2.41. The molecule has 0 fully saturated rings. The minimum Gasteiger partial charge on any atom is -0.315 e. The molecule has 0 amide bonds. The van der Waals surface area contributed by atoms with Gasteiger partial charge in [0, 0.05) is 21.5 Å². The summed E-state index contributed by atoms with van der Waals surface area (Å²) in [6.07, 6.45) is 1.04. The van der Waals surface area contributed by atoms with Crippen molar-refractivity contribution in [3.63, 3.8) is 0 Å². The highest BCUT2D eigenvalue weighted by Gasteiger charge is 2.15. The van der Waals surface area contributed by atoms with Crippen LogP contribution in [0, 0.1) is 12.8 Å². The molecule has 0 aliphatic carbocycles. The molecule has 0 atom stereocenters. The van der Waals surface area contributed by atoms with Gasteiger partial charge >= 0.3 is 0 Å². The number of thiazole rings is 1. The molecule has 0 aliphatic heterocycles. The van der Waals surface area contributed by atoms with Crippen LogP contribution in [0.3, 0.4) is 0 Å². The molecule has 0 unspecified atom stereocenters. The second-order valence-corrected chi connectivity index (χ2v) is 7.44. The molecule has 0 bridgehead atoms. The maximum absolute atomic E-state index is 4.88. The topological polar surface area (TPSA) is 24.9 Å². The van der Waals surface area contributed by atoms with Crippen LogP contribution in [0.25, 0.3) is 10.6 Å². The molecule has 4 heteroatoms. The third-order valence-corrected chi connectivity index (χ3v) is 4.86. The van der Waals surface area contributed by atoms with E-state index in [9.17, 15) is 0 Å². The summed E-state index contributed by atoms with van der Waals surface area (Å²) in [4.78, 5) is 6.23. The van der Waals surface area contributed by atoms with Crippen molar-refractivity contribution in [1.82, 2.24) is 10.3 Å². The first-order valence-electron chi connectivity index (χ1n) is 6.91. The molecule has 1 aromatic carbocycles. The van der Waals surface area contributed by atoms with Gasteiger partial charge in [-0.05, 0) is 37.9 Å². The lowest BCUT2D eigenvalue weighted by Gasteiger charge is -2.04. The van der Waals surface area contributed by atoms with Crippen LogP contribution in [0.1, 0.15) is 30.0 Å². The minimum absolute atomic E-state index is 0.627. The standard InChI is InChI=1S/C16H21BrN2S/c1-10(2)7-14-15(9-18-4)20-16(19-14)12-6-5-11(3)8-13(12)17/h5-6,8,10,18H,7,9H2,1-4H3. The molecular formula is C16H21BrN2S. The van der Waals surface area contributed by atoms with Gasteiger partial charge in [0.25, 0.3) is 0 Å². The predicted octanol–water partition coefficient (Wildman–Crippen LogP) is 4.80.